The molecule has 1 rings (SSSR count). The summed E-state index contributed by atoms with van der Waals surface area (Å²) in [5.41, 5.74) is 3.59. The van der Waals surface area contributed by atoms with Crippen LogP contribution >= 0.6 is 0 Å². The maximum absolute atomic E-state index is 12.1. The lowest BCUT2D eigenvalue weighted by Crippen LogP contribution is -2.21. The Kier molecular flexibility index (Phi) is 3.61. The van der Waals surface area contributed by atoms with Crippen LogP contribution < -0.4 is 10.5 Å². The van der Waals surface area contributed by atoms with Crippen LogP contribution in [0.3, 0.4) is 0 Å². The first-order chi connectivity index (χ1) is 8.28. The van der Waals surface area contributed by atoms with Crippen LogP contribution in [0.1, 0.15) is 16.2 Å². The predicted molar refractivity (Wildman–Crippen MR) is 51.4 cm³/mol. The maximum Gasteiger partial charge on any atom is 0.573 e. The monoisotopic (exact) mass is 261 g/mol. The Bertz CT molecular complexity index is 522. The summed E-state index contributed by atoms with van der Waals surface area (Å²) in [7, 11) is 0.941. The number of carbonyl (C=O) groups excluding carboxylic acids is 1. The van der Waals surface area contributed by atoms with Gasteiger partial charge in [0.15, 0.2) is 11.4 Å². The van der Waals surface area contributed by atoms with E-state index in [4.69, 9.17) is 11.0 Å². The molecule has 0 saturated carbocycles. The first-order valence-corrected chi connectivity index (χ1v) is 4.33. The molecular formula is C9H6F3N3O3. The van der Waals surface area contributed by atoms with E-state index in [-0.39, 0.29) is 5.69 Å². The Hall–Kier alpha value is -2.50. The van der Waals surface area contributed by atoms with Gasteiger partial charge in [-0.3, -0.25) is 0 Å². The summed E-state index contributed by atoms with van der Waals surface area (Å²) in [5, 5.41) is 8.58. The van der Waals surface area contributed by atoms with Gasteiger partial charge in [0.05, 0.1) is 12.8 Å². The van der Waals surface area contributed by atoms with Gasteiger partial charge in [0.1, 0.15) is 11.8 Å². The highest BCUT2D eigenvalue weighted by Crippen LogP contribution is 2.31. The third-order valence-electron chi connectivity index (χ3n) is 1.71. The van der Waals surface area contributed by atoms with E-state index in [1.54, 1.807) is 6.07 Å². The van der Waals surface area contributed by atoms with Gasteiger partial charge in [0.25, 0.3) is 0 Å². The second-order valence-corrected chi connectivity index (χ2v) is 2.93. The van der Waals surface area contributed by atoms with Crippen LogP contribution in [0.25, 0.3) is 0 Å². The highest BCUT2D eigenvalue weighted by Gasteiger charge is 2.35. The molecular weight excluding hydrogens is 255 g/mol. The molecule has 2 N–H and O–H groups in total. The van der Waals surface area contributed by atoms with Crippen LogP contribution in [0.2, 0.25) is 0 Å². The lowest BCUT2D eigenvalue weighted by Gasteiger charge is -2.13. The molecule has 0 amide bonds. The smallest absolute Gasteiger partial charge is 0.464 e. The number of hydrogen-bond donors (Lipinski definition) is 1. The molecule has 0 saturated heterocycles. The Morgan fingerprint density at radius 2 is 2.17 bits per heavy atom. The molecule has 0 aliphatic carbocycles. The first-order valence-electron chi connectivity index (χ1n) is 4.33. The van der Waals surface area contributed by atoms with E-state index in [1.807, 2.05) is 0 Å². The third-order valence-corrected chi connectivity index (χ3v) is 1.71. The topological polar surface area (TPSA) is 98.2 Å². The molecule has 0 unspecified atom stereocenters. The number of methoxy groups -OCH3 is 1. The number of nitriles is 1. The zero-order valence-electron chi connectivity index (χ0n) is 8.91. The Morgan fingerprint density at radius 3 is 2.61 bits per heavy atom. The average molecular weight is 261 g/mol. The lowest BCUT2D eigenvalue weighted by molar-refractivity contribution is -0.274. The summed E-state index contributed by atoms with van der Waals surface area (Å²) in [4.78, 5) is 14.6. The van der Waals surface area contributed by atoms with Gasteiger partial charge in [-0.15, -0.1) is 13.2 Å². The van der Waals surface area contributed by atoms with Crippen molar-refractivity contribution in [2.75, 3.05) is 12.8 Å². The highest BCUT2D eigenvalue weighted by atomic mass is 19.4. The number of nitrogens with zero attached hydrogens (tertiary/aromatic N) is 2. The summed E-state index contributed by atoms with van der Waals surface area (Å²) in [6.07, 6.45) is -5.05. The molecule has 0 spiro atoms. The summed E-state index contributed by atoms with van der Waals surface area (Å²) in [6, 6.07) is 2.40. The van der Waals surface area contributed by atoms with Gasteiger partial charge >= 0.3 is 12.3 Å². The van der Waals surface area contributed by atoms with Crippen molar-refractivity contribution in [3.63, 3.8) is 0 Å². The lowest BCUT2D eigenvalue weighted by atomic mass is 10.2. The molecule has 6 nitrogen and oxygen atoms in total. The van der Waals surface area contributed by atoms with Gasteiger partial charge in [-0.2, -0.15) is 5.26 Å². The fourth-order valence-electron chi connectivity index (χ4n) is 1.07. The van der Waals surface area contributed by atoms with E-state index >= 15 is 0 Å². The summed E-state index contributed by atoms with van der Waals surface area (Å²) >= 11 is 0. The number of pyridine rings is 1. The molecule has 1 aromatic heterocycles. The van der Waals surface area contributed by atoms with Crippen molar-refractivity contribution in [1.82, 2.24) is 4.98 Å². The van der Waals surface area contributed by atoms with Crippen molar-refractivity contribution in [1.29, 1.82) is 5.26 Å². The number of nitrogen functional groups attached to an aromatic ring is 1. The number of aromatic nitrogens is 1. The molecule has 0 bridgehead atoms. The number of anilines is 1. The van der Waals surface area contributed by atoms with Crippen LogP contribution in [0.5, 0.6) is 5.75 Å². The second kappa shape index (κ2) is 4.79. The number of alkyl halides is 3. The first kappa shape index (κ1) is 13.6. The standard InChI is InChI=1S/C9H6F3N3O3/c1-17-8(16)6-7(18-9(10,11)12)5(14)2-4(3-13)15-6/h2H,1H3,(H2,14,15). The normalized spacial score (nSPS) is 10.6. The molecule has 0 aromatic carbocycles. The Morgan fingerprint density at radius 1 is 1.56 bits per heavy atom. The van der Waals surface area contributed by atoms with Crippen molar-refractivity contribution in [3.05, 3.63) is 17.5 Å². The van der Waals surface area contributed by atoms with Crippen LogP contribution in [0.15, 0.2) is 6.07 Å². The van der Waals surface area contributed by atoms with E-state index in [2.05, 4.69) is 14.5 Å². The third kappa shape index (κ3) is 3.00. The fourth-order valence-corrected chi connectivity index (χ4v) is 1.07. The molecule has 18 heavy (non-hydrogen) atoms. The fraction of sp³-hybridized carbons (Fsp3) is 0.222. The zero-order chi connectivity index (χ0) is 13.9. The minimum Gasteiger partial charge on any atom is -0.464 e. The van der Waals surface area contributed by atoms with E-state index in [0.29, 0.717) is 0 Å². The molecule has 0 aliphatic heterocycles. The number of ether oxygens (including phenoxy) is 2. The number of carbonyl (C=O) groups is 1. The molecule has 0 fully saturated rings. The van der Waals surface area contributed by atoms with E-state index in [9.17, 15) is 18.0 Å². The van der Waals surface area contributed by atoms with Crippen LogP contribution in [-0.4, -0.2) is 24.4 Å². The molecule has 0 atom stereocenters. The number of rotatable bonds is 2. The minimum absolute atomic E-state index is 0.331. The number of nitrogens with two attached hydrogens (primary N) is 1. The summed E-state index contributed by atoms with van der Waals surface area (Å²) < 4.78 is 44.2. The molecule has 1 heterocycles. The number of hydrogen-bond acceptors (Lipinski definition) is 6. The van der Waals surface area contributed by atoms with Crippen molar-refractivity contribution in [2.24, 2.45) is 0 Å². The second-order valence-electron chi connectivity index (χ2n) is 2.93. The molecule has 0 radical (unpaired) electrons. The molecule has 9 heteroatoms. The van der Waals surface area contributed by atoms with E-state index in [0.717, 1.165) is 13.2 Å². The van der Waals surface area contributed by atoms with Gasteiger partial charge in [-0.25, -0.2) is 9.78 Å². The van der Waals surface area contributed by atoms with Crippen LogP contribution in [0.4, 0.5) is 18.9 Å². The van der Waals surface area contributed by atoms with Gasteiger partial charge in [-0.05, 0) is 0 Å². The SMILES string of the molecule is COC(=O)c1nc(C#N)cc(N)c1OC(F)(F)F. The number of esters is 1. The number of halogens is 3. The van der Waals surface area contributed by atoms with Crippen molar-refractivity contribution in [3.8, 4) is 11.8 Å². The van der Waals surface area contributed by atoms with Gasteiger partial charge in [0, 0.05) is 6.07 Å². The van der Waals surface area contributed by atoms with Crippen molar-refractivity contribution >= 4 is 11.7 Å². The average Bonchev–Trinajstić information content (AvgIpc) is 2.28. The maximum atomic E-state index is 12.1. The quantitative estimate of drug-likeness (QED) is 0.803. The Labute approximate surface area is 98.7 Å². The van der Waals surface area contributed by atoms with Gasteiger partial charge in [-0.1, -0.05) is 0 Å². The van der Waals surface area contributed by atoms with Gasteiger partial charge < -0.3 is 15.2 Å². The molecule has 96 valence electrons. The summed E-state index contributed by atoms with van der Waals surface area (Å²) in [6.45, 7) is 0. The van der Waals surface area contributed by atoms with Crippen LogP contribution in [-0.2, 0) is 4.74 Å². The van der Waals surface area contributed by atoms with Gasteiger partial charge in [0.2, 0.25) is 0 Å². The van der Waals surface area contributed by atoms with Crippen molar-refractivity contribution < 1.29 is 27.4 Å². The molecule has 0 aliphatic rings. The van der Waals surface area contributed by atoms with Crippen molar-refractivity contribution in [2.45, 2.75) is 6.36 Å². The minimum atomic E-state index is -5.05. The Balaban J connectivity index is 3.39. The predicted octanol–water partition coefficient (Wildman–Crippen LogP) is 1.22. The summed E-state index contributed by atoms with van der Waals surface area (Å²) in [5.74, 6) is -2.19. The highest BCUT2D eigenvalue weighted by molar-refractivity contribution is 5.92. The largest absolute Gasteiger partial charge is 0.573 e. The molecule has 1 aromatic rings. The van der Waals surface area contributed by atoms with Crippen LogP contribution in [0, 0.1) is 11.3 Å². The van der Waals surface area contributed by atoms with E-state index < -0.39 is 29.5 Å². The zero-order valence-corrected chi connectivity index (χ0v) is 8.91. The van der Waals surface area contributed by atoms with E-state index in [1.165, 1.54) is 0 Å².